The zero-order valence-electron chi connectivity index (χ0n) is 17.5. The second kappa shape index (κ2) is 9.87. The van der Waals surface area contributed by atoms with Crippen molar-refractivity contribution in [1.29, 1.82) is 0 Å². The molecule has 1 saturated heterocycles. The van der Waals surface area contributed by atoms with Crippen LogP contribution >= 0.6 is 0 Å². The molecule has 0 unspecified atom stereocenters. The molecule has 0 radical (unpaired) electrons. The van der Waals surface area contributed by atoms with Crippen molar-refractivity contribution in [3.63, 3.8) is 0 Å². The SMILES string of the molecule is O=C(NCc1ccccc1)c1cn(C[C@@H]2CCCN2C(=O)CCC2CCCC2)nn1. The van der Waals surface area contributed by atoms with Crippen molar-refractivity contribution in [2.75, 3.05) is 6.54 Å². The summed E-state index contributed by atoms with van der Waals surface area (Å²) in [5, 5.41) is 11.0. The summed E-state index contributed by atoms with van der Waals surface area (Å²) in [6, 6.07) is 9.91. The molecule has 2 fully saturated rings. The molecule has 7 heteroatoms. The number of hydrogen-bond donors (Lipinski definition) is 1. The van der Waals surface area contributed by atoms with E-state index < -0.39 is 0 Å². The minimum absolute atomic E-state index is 0.142. The molecule has 2 aliphatic rings. The lowest BCUT2D eigenvalue weighted by Gasteiger charge is -2.25. The summed E-state index contributed by atoms with van der Waals surface area (Å²) in [5.74, 6) is 0.772. The van der Waals surface area contributed by atoms with Crippen LogP contribution in [0.1, 0.15) is 67.4 Å². The van der Waals surface area contributed by atoms with Gasteiger partial charge < -0.3 is 10.2 Å². The fraction of sp³-hybridized carbons (Fsp3) is 0.565. The highest BCUT2D eigenvalue weighted by atomic mass is 16.2. The number of amides is 2. The standard InChI is InChI=1S/C23H31N5O2/c29-22(13-12-18-7-4-5-8-18)28-14-6-11-20(28)16-27-17-21(25-26-27)23(30)24-15-19-9-2-1-3-10-19/h1-3,9-10,17-18,20H,4-8,11-16H2,(H,24,30)/t20-/m0/s1. The van der Waals surface area contributed by atoms with Crippen LogP contribution < -0.4 is 5.32 Å². The Bertz CT molecular complexity index is 844. The smallest absolute Gasteiger partial charge is 0.273 e. The monoisotopic (exact) mass is 409 g/mol. The summed E-state index contributed by atoms with van der Waals surface area (Å²) in [7, 11) is 0. The summed E-state index contributed by atoms with van der Waals surface area (Å²) in [6.07, 6.45) is 10.6. The van der Waals surface area contributed by atoms with E-state index in [1.807, 2.05) is 35.2 Å². The molecule has 1 N–H and O–H groups in total. The van der Waals surface area contributed by atoms with Crippen molar-refractivity contribution >= 4 is 11.8 Å². The van der Waals surface area contributed by atoms with Crippen molar-refractivity contribution in [2.45, 2.75) is 70.5 Å². The molecule has 2 amide bonds. The normalized spacial score (nSPS) is 19.3. The largest absolute Gasteiger partial charge is 0.347 e. The Morgan fingerprint density at radius 3 is 2.67 bits per heavy atom. The van der Waals surface area contributed by atoms with Crippen molar-refractivity contribution in [2.24, 2.45) is 5.92 Å². The van der Waals surface area contributed by atoms with E-state index >= 15 is 0 Å². The second-order valence-corrected chi connectivity index (χ2v) is 8.57. The lowest BCUT2D eigenvalue weighted by atomic mass is 10.0. The van der Waals surface area contributed by atoms with E-state index in [0.717, 1.165) is 37.3 Å². The molecule has 1 aromatic carbocycles. The molecular weight excluding hydrogens is 378 g/mol. The van der Waals surface area contributed by atoms with Crippen LogP contribution in [-0.2, 0) is 17.9 Å². The number of rotatable bonds is 8. The van der Waals surface area contributed by atoms with E-state index in [0.29, 0.717) is 25.2 Å². The van der Waals surface area contributed by atoms with E-state index in [4.69, 9.17) is 0 Å². The third-order valence-corrected chi connectivity index (χ3v) is 6.40. The van der Waals surface area contributed by atoms with Crippen molar-refractivity contribution in [1.82, 2.24) is 25.2 Å². The van der Waals surface area contributed by atoms with E-state index in [1.165, 1.54) is 25.7 Å². The molecule has 1 atom stereocenters. The highest BCUT2D eigenvalue weighted by molar-refractivity contribution is 5.91. The molecule has 0 spiro atoms. The van der Waals surface area contributed by atoms with Crippen LogP contribution in [0.25, 0.3) is 0 Å². The van der Waals surface area contributed by atoms with Gasteiger partial charge >= 0.3 is 0 Å². The minimum Gasteiger partial charge on any atom is -0.347 e. The van der Waals surface area contributed by atoms with Gasteiger partial charge in [0.1, 0.15) is 0 Å². The maximum Gasteiger partial charge on any atom is 0.273 e. The van der Waals surface area contributed by atoms with Crippen molar-refractivity contribution in [3.05, 3.63) is 47.8 Å². The lowest BCUT2D eigenvalue weighted by molar-refractivity contribution is -0.132. The number of carbonyl (C=O) groups is 2. The Kier molecular flexibility index (Phi) is 6.77. The first-order valence-corrected chi connectivity index (χ1v) is 11.2. The number of likely N-dealkylation sites (tertiary alicyclic amines) is 1. The average molecular weight is 410 g/mol. The van der Waals surface area contributed by atoms with Crippen LogP contribution in [0.2, 0.25) is 0 Å². The Morgan fingerprint density at radius 1 is 1.07 bits per heavy atom. The number of benzene rings is 1. The average Bonchev–Trinajstić information content (AvgIpc) is 3.53. The third-order valence-electron chi connectivity index (χ3n) is 6.40. The van der Waals surface area contributed by atoms with Crippen LogP contribution in [0.15, 0.2) is 36.5 Å². The number of carbonyl (C=O) groups excluding carboxylic acids is 2. The van der Waals surface area contributed by atoms with Gasteiger partial charge in [-0.15, -0.1) is 5.10 Å². The topological polar surface area (TPSA) is 80.1 Å². The van der Waals surface area contributed by atoms with Gasteiger partial charge in [0.25, 0.3) is 5.91 Å². The van der Waals surface area contributed by atoms with Crippen LogP contribution in [0, 0.1) is 5.92 Å². The van der Waals surface area contributed by atoms with Gasteiger partial charge in [-0.3, -0.25) is 9.59 Å². The van der Waals surface area contributed by atoms with Gasteiger partial charge in [0.15, 0.2) is 5.69 Å². The third kappa shape index (κ3) is 5.26. The summed E-state index contributed by atoms with van der Waals surface area (Å²) in [6.45, 7) is 1.87. The first kappa shape index (κ1) is 20.6. The Labute approximate surface area is 177 Å². The van der Waals surface area contributed by atoms with Gasteiger partial charge in [0, 0.05) is 19.5 Å². The minimum atomic E-state index is -0.235. The maximum atomic E-state index is 12.8. The molecule has 1 aliphatic carbocycles. The van der Waals surface area contributed by atoms with Gasteiger partial charge in [0.2, 0.25) is 5.91 Å². The highest BCUT2D eigenvalue weighted by Crippen LogP contribution is 2.29. The summed E-state index contributed by atoms with van der Waals surface area (Å²) in [4.78, 5) is 27.1. The van der Waals surface area contributed by atoms with Gasteiger partial charge in [-0.25, -0.2) is 4.68 Å². The molecule has 2 heterocycles. The van der Waals surface area contributed by atoms with Gasteiger partial charge in [-0.2, -0.15) is 0 Å². The van der Waals surface area contributed by atoms with Gasteiger partial charge in [-0.05, 0) is 30.7 Å². The fourth-order valence-corrected chi connectivity index (χ4v) is 4.70. The summed E-state index contributed by atoms with van der Waals surface area (Å²) < 4.78 is 1.70. The maximum absolute atomic E-state index is 12.8. The first-order valence-electron chi connectivity index (χ1n) is 11.2. The van der Waals surface area contributed by atoms with Crippen LogP contribution in [0.4, 0.5) is 0 Å². The zero-order valence-corrected chi connectivity index (χ0v) is 17.5. The molecule has 2 aromatic rings. The molecule has 1 aliphatic heterocycles. The summed E-state index contributed by atoms with van der Waals surface area (Å²) >= 11 is 0. The number of nitrogens with zero attached hydrogens (tertiary/aromatic N) is 4. The second-order valence-electron chi connectivity index (χ2n) is 8.57. The molecule has 1 aromatic heterocycles. The van der Waals surface area contributed by atoms with Gasteiger partial charge in [0.05, 0.1) is 18.8 Å². The highest BCUT2D eigenvalue weighted by Gasteiger charge is 2.30. The first-order chi connectivity index (χ1) is 14.7. The Morgan fingerprint density at radius 2 is 1.87 bits per heavy atom. The molecule has 4 rings (SSSR count). The van der Waals surface area contributed by atoms with E-state index in [2.05, 4.69) is 15.6 Å². The Hall–Kier alpha value is -2.70. The van der Waals surface area contributed by atoms with Gasteiger partial charge in [-0.1, -0.05) is 61.2 Å². The van der Waals surface area contributed by atoms with Crippen molar-refractivity contribution < 1.29 is 9.59 Å². The van der Waals surface area contributed by atoms with E-state index in [-0.39, 0.29) is 17.9 Å². The zero-order chi connectivity index (χ0) is 20.8. The van der Waals surface area contributed by atoms with E-state index in [1.54, 1.807) is 10.9 Å². The van der Waals surface area contributed by atoms with Crippen molar-refractivity contribution in [3.8, 4) is 0 Å². The lowest BCUT2D eigenvalue weighted by Crippen LogP contribution is -2.38. The van der Waals surface area contributed by atoms with Crippen LogP contribution in [-0.4, -0.2) is 44.3 Å². The molecule has 160 valence electrons. The van der Waals surface area contributed by atoms with Crippen LogP contribution in [0.5, 0.6) is 0 Å². The van der Waals surface area contributed by atoms with Crippen LogP contribution in [0.3, 0.4) is 0 Å². The number of aromatic nitrogens is 3. The predicted octanol–water partition coefficient (Wildman–Crippen LogP) is 3.17. The fourth-order valence-electron chi connectivity index (χ4n) is 4.70. The molecule has 1 saturated carbocycles. The van der Waals surface area contributed by atoms with E-state index in [9.17, 15) is 9.59 Å². The molecule has 30 heavy (non-hydrogen) atoms. The number of hydrogen-bond acceptors (Lipinski definition) is 4. The molecule has 7 nitrogen and oxygen atoms in total. The summed E-state index contributed by atoms with van der Waals surface area (Å²) in [5.41, 5.74) is 1.35. The predicted molar refractivity (Wildman–Crippen MR) is 114 cm³/mol. The number of nitrogens with one attached hydrogen (secondary N) is 1. The molecular formula is C23H31N5O2. The quantitative estimate of drug-likeness (QED) is 0.726. The molecule has 0 bridgehead atoms. The Balaban J connectivity index is 1.27.